The number of carbonyl (C=O) groups excluding carboxylic acids is 1. The number of nitrogens with zero attached hydrogens (tertiary/aromatic N) is 3. The van der Waals surface area contributed by atoms with E-state index in [2.05, 4.69) is 10.4 Å². The third-order valence-electron chi connectivity index (χ3n) is 5.48. The first-order valence-corrected chi connectivity index (χ1v) is 9.85. The molecule has 2 aromatic heterocycles. The zero-order valence-corrected chi connectivity index (χ0v) is 16.4. The molecular formula is C22H26N4O3. The number of benzene rings is 1. The number of carbonyl (C=O) groups is 1. The van der Waals surface area contributed by atoms with Gasteiger partial charge in [0.2, 0.25) is 5.91 Å². The summed E-state index contributed by atoms with van der Waals surface area (Å²) in [5.74, 6) is 0.351. The first-order chi connectivity index (χ1) is 14.1. The fourth-order valence-electron chi connectivity index (χ4n) is 3.97. The maximum absolute atomic E-state index is 13.6. The van der Waals surface area contributed by atoms with Gasteiger partial charge in [-0.05, 0) is 23.3 Å². The van der Waals surface area contributed by atoms with Crippen LogP contribution in [0.5, 0.6) is 0 Å². The van der Waals surface area contributed by atoms with Crippen molar-refractivity contribution in [3.8, 4) is 0 Å². The summed E-state index contributed by atoms with van der Waals surface area (Å²) in [5, 5.41) is 18.2. The quantitative estimate of drug-likeness (QED) is 0.641. The Labute approximate surface area is 169 Å². The molecule has 29 heavy (non-hydrogen) atoms. The number of nitrogens with one attached hydrogen (secondary N) is 1. The highest BCUT2D eigenvalue weighted by atomic mass is 16.4. The Morgan fingerprint density at radius 1 is 1.31 bits per heavy atom. The minimum absolute atomic E-state index is 0.0262. The summed E-state index contributed by atoms with van der Waals surface area (Å²) < 4.78 is 7.09. The molecule has 1 aliphatic rings. The SMILES string of the molecule is Cn1cc([C@H]2CNC[C@@H]2C(=O)N(Cc2ccccc2)CC(O)c2ccco2)cn1. The van der Waals surface area contributed by atoms with Gasteiger partial charge in [-0.25, -0.2) is 0 Å². The number of aryl methyl sites for hydroxylation is 1. The zero-order chi connectivity index (χ0) is 20.2. The molecule has 1 fully saturated rings. The van der Waals surface area contributed by atoms with Crippen LogP contribution in [0.1, 0.15) is 28.9 Å². The predicted molar refractivity (Wildman–Crippen MR) is 108 cm³/mol. The Kier molecular flexibility index (Phi) is 5.78. The number of furan rings is 1. The van der Waals surface area contributed by atoms with Crippen molar-refractivity contribution < 1.29 is 14.3 Å². The van der Waals surface area contributed by atoms with E-state index >= 15 is 0 Å². The topological polar surface area (TPSA) is 83.5 Å². The van der Waals surface area contributed by atoms with Gasteiger partial charge in [-0.15, -0.1) is 0 Å². The Morgan fingerprint density at radius 3 is 2.83 bits per heavy atom. The maximum Gasteiger partial charge on any atom is 0.228 e. The van der Waals surface area contributed by atoms with Crippen molar-refractivity contribution in [2.24, 2.45) is 13.0 Å². The Bertz CT molecular complexity index is 923. The van der Waals surface area contributed by atoms with Gasteiger partial charge in [-0.3, -0.25) is 9.48 Å². The van der Waals surface area contributed by atoms with Crippen molar-refractivity contribution in [3.63, 3.8) is 0 Å². The molecule has 0 aliphatic carbocycles. The van der Waals surface area contributed by atoms with Gasteiger partial charge in [-0.2, -0.15) is 5.10 Å². The number of rotatable bonds is 7. The van der Waals surface area contributed by atoms with Crippen molar-refractivity contribution >= 4 is 5.91 Å². The molecule has 1 aromatic carbocycles. The average molecular weight is 394 g/mol. The molecule has 3 heterocycles. The summed E-state index contributed by atoms with van der Waals surface area (Å²) in [4.78, 5) is 15.3. The van der Waals surface area contributed by atoms with E-state index in [1.807, 2.05) is 49.8 Å². The monoisotopic (exact) mass is 394 g/mol. The second kappa shape index (κ2) is 8.63. The lowest BCUT2D eigenvalue weighted by molar-refractivity contribution is -0.137. The molecule has 0 radical (unpaired) electrons. The molecule has 1 amide bonds. The lowest BCUT2D eigenvalue weighted by Crippen LogP contribution is -2.40. The normalized spacial score (nSPS) is 19.9. The van der Waals surface area contributed by atoms with Gasteiger partial charge in [0.25, 0.3) is 0 Å². The van der Waals surface area contributed by atoms with Crippen molar-refractivity contribution in [1.82, 2.24) is 20.0 Å². The largest absolute Gasteiger partial charge is 0.467 e. The number of aliphatic hydroxyl groups is 1. The fourth-order valence-corrected chi connectivity index (χ4v) is 3.97. The van der Waals surface area contributed by atoms with Crippen LogP contribution in [0.2, 0.25) is 0 Å². The van der Waals surface area contributed by atoms with E-state index in [0.29, 0.717) is 18.8 Å². The summed E-state index contributed by atoms with van der Waals surface area (Å²) in [6.45, 7) is 1.97. The highest BCUT2D eigenvalue weighted by Crippen LogP contribution is 2.30. The molecule has 3 atom stereocenters. The van der Waals surface area contributed by atoms with Gasteiger partial charge in [0.15, 0.2) is 0 Å². The van der Waals surface area contributed by atoms with Crippen LogP contribution in [0.15, 0.2) is 65.5 Å². The van der Waals surface area contributed by atoms with Crippen molar-refractivity contribution in [2.45, 2.75) is 18.6 Å². The molecule has 0 saturated carbocycles. The second-order valence-electron chi connectivity index (χ2n) is 7.55. The third-order valence-corrected chi connectivity index (χ3v) is 5.48. The highest BCUT2D eigenvalue weighted by Gasteiger charge is 2.37. The third kappa shape index (κ3) is 4.41. The van der Waals surface area contributed by atoms with Crippen LogP contribution >= 0.6 is 0 Å². The molecule has 152 valence electrons. The molecule has 1 unspecified atom stereocenters. The van der Waals surface area contributed by atoms with Crippen molar-refractivity contribution in [2.75, 3.05) is 19.6 Å². The molecule has 3 aromatic rings. The first kappa shape index (κ1) is 19.4. The summed E-state index contributed by atoms with van der Waals surface area (Å²) in [6.07, 6.45) is 4.46. The van der Waals surface area contributed by atoms with Gasteiger partial charge in [0.1, 0.15) is 11.9 Å². The minimum atomic E-state index is -0.871. The first-order valence-electron chi connectivity index (χ1n) is 9.85. The van der Waals surface area contributed by atoms with E-state index in [0.717, 1.165) is 17.7 Å². The fraction of sp³-hybridized carbons (Fsp3) is 0.364. The molecule has 7 nitrogen and oxygen atoms in total. The predicted octanol–water partition coefficient (Wildman–Crippen LogP) is 2.08. The number of aliphatic hydroxyl groups excluding tert-OH is 1. The summed E-state index contributed by atoms with van der Waals surface area (Å²) in [5.41, 5.74) is 2.08. The molecule has 7 heteroatoms. The van der Waals surface area contributed by atoms with Crippen LogP contribution in [0.25, 0.3) is 0 Å². The standard InChI is InChI=1S/C22H26N4O3/c1-25-14-17(10-24-25)18-11-23-12-19(18)22(28)26(13-16-6-3-2-4-7-16)15-20(27)21-8-5-9-29-21/h2-10,14,18-20,23,27H,11-13,15H2,1H3/t18-,19+,20?/m1/s1. The lowest BCUT2D eigenvalue weighted by atomic mass is 9.89. The van der Waals surface area contributed by atoms with Crippen LogP contribution in [-0.4, -0.2) is 45.3 Å². The van der Waals surface area contributed by atoms with Gasteiger partial charge < -0.3 is 19.7 Å². The molecule has 1 aliphatic heterocycles. The summed E-state index contributed by atoms with van der Waals surface area (Å²) >= 11 is 0. The van der Waals surface area contributed by atoms with Gasteiger partial charge in [0, 0.05) is 38.8 Å². The number of hydrogen-bond donors (Lipinski definition) is 2. The molecule has 0 spiro atoms. The van der Waals surface area contributed by atoms with Crippen molar-refractivity contribution in [3.05, 3.63) is 78.0 Å². The molecule has 0 bridgehead atoms. The van der Waals surface area contributed by atoms with E-state index in [1.165, 1.54) is 6.26 Å². The van der Waals surface area contributed by atoms with Crippen molar-refractivity contribution in [1.29, 1.82) is 0 Å². The average Bonchev–Trinajstić information content (AvgIpc) is 3.48. The summed E-state index contributed by atoms with van der Waals surface area (Å²) in [6, 6.07) is 13.3. The number of amides is 1. The van der Waals surface area contributed by atoms with E-state index in [4.69, 9.17) is 4.42 Å². The van der Waals surface area contributed by atoms with Gasteiger partial charge >= 0.3 is 0 Å². The maximum atomic E-state index is 13.6. The zero-order valence-electron chi connectivity index (χ0n) is 16.4. The molecule has 2 N–H and O–H groups in total. The minimum Gasteiger partial charge on any atom is -0.467 e. The van der Waals surface area contributed by atoms with Crippen LogP contribution in [-0.2, 0) is 18.4 Å². The smallest absolute Gasteiger partial charge is 0.228 e. The van der Waals surface area contributed by atoms with Crippen LogP contribution in [0.4, 0.5) is 0 Å². The van der Waals surface area contributed by atoms with Crippen LogP contribution < -0.4 is 5.32 Å². The van der Waals surface area contributed by atoms with E-state index < -0.39 is 6.10 Å². The highest BCUT2D eigenvalue weighted by molar-refractivity contribution is 5.80. The van der Waals surface area contributed by atoms with E-state index in [9.17, 15) is 9.90 Å². The second-order valence-corrected chi connectivity index (χ2v) is 7.55. The summed E-state index contributed by atoms with van der Waals surface area (Å²) in [7, 11) is 1.88. The van der Waals surface area contributed by atoms with Gasteiger partial charge in [-0.1, -0.05) is 30.3 Å². The molecule has 4 rings (SSSR count). The Hall–Kier alpha value is -2.90. The Balaban J connectivity index is 1.56. The molecule has 1 saturated heterocycles. The van der Waals surface area contributed by atoms with Crippen LogP contribution in [0.3, 0.4) is 0 Å². The van der Waals surface area contributed by atoms with Gasteiger partial charge in [0.05, 0.1) is 24.9 Å². The van der Waals surface area contributed by atoms with E-state index in [-0.39, 0.29) is 24.3 Å². The molecular weight excluding hydrogens is 368 g/mol. The Morgan fingerprint density at radius 2 is 2.14 bits per heavy atom. The van der Waals surface area contributed by atoms with E-state index in [1.54, 1.807) is 21.7 Å². The number of hydrogen-bond acceptors (Lipinski definition) is 5. The number of aromatic nitrogens is 2. The lowest BCUT2D eigenvalue weighted by Gasteiger charge is -2.29. The van der Waals surface area contributed by atoms with Crippen LogP contribution in [0, 0.1) is 5.92 Å².